The minimum absolute atomic E-state index is 0.159. The molecule has 1 saturated carbocycles. The van der Waals surface area contributed by atoms with Crippen LogP contribution in [-0.4, -0.2) is 31.9 Å². The van der Waals surface area contributed by atoms with Gasteiger partial charge in [-0.15, -0.1) is 0 Å². The number of carboxylic acids is 1. The van der Waals surface area contributed by atoms with E-state index in [1.807, 2.05) is 0 Å². The van der Waals surface area contributed by atoms with E-state index in [2.05, 4.69) is 0 Å². The average Bonchev–Trinajstić information content (AvgIpc) is 2.89. The third kappa shape index (κ3) is 2.58. The van der Waals surface area contributed by atoms with Gasteiger partial charge in [-0.1, -0.05) is 6.42 Å². The summed E-state index contributed by atoms with van der Waals surface area (Å²) in [5.41, 5.74) is 0. The molecule has 0 bridgehead atoms. The first-order valence-corrected chi connectivity index (χ1v) is 7.62. The lowest BCUT2D eigenvalue weighted by atomic mass is 10.1. The SMILES string of the molecule is COc1ccc(S(=O)(=O)[C@@H]2CCC[C@H]2C(=O)O)cc1. The van der Waals surface area contributed by atoms with Gasteiger partial charge in [-0.05, 0) is 37.1 Å². The van der Waals surface area contributed by atoms with Crippen LogP contribution < -0.4 is 4.74 Å². The van der Waals surface area contributed by atoms with Crippen molar-refractivity contribution < 1.29 is 23.1 Å². The van der Waals surface area contributed by atoms with Gasteiger partial charge in [-0.3, -0.25) is 4.79 Å². The van der Waals surface area contributed by atoms with Crippen LogP contribution in [0.4, 0.5) is 0 Å². The zero-order valence-corrected chi connectivity index (χ0v) is 11.4. The van der Waals surface area contributed by atoms with Crippen molar-refractivity contribution in [2.75, 3.05) is 7.11 Å². The molecule has 19 heavy (non-hydrogen) atoms. The molecule has 1 N–H and O–H groups in total. The van der Waals surface area contributed by atoms with E-state index < -0.39 is 27.0 Å². The van der Waals surface area contributed by atoms with Gasteiger partial charge in [0.1, 0.15) is 5.75 Å². The lowest BCUT2D eigenvalue weighted by molar-refractivity contribution is -0.141. The number of ether oxygens (including phenoxy) is 1. The van der Waals surface area contributed by atoms with Gasteiger partial charge in [0.2, 0.25) is 0 Å². The predicted octanol–water partition coefficient (Wildman–Crippen LogP) is 1.72. The summed E-state index contributed by atoms with van der Waals surface area (Å²) in [6, 6.07) is 6.06. The van der Waals surface area contributed by atoms with Crippen molar-refractivity contribution >= 4 is 15.8 Å². The van der Waals surface area contributed by atoms with Crippen LogP contribution in [0.5, 0.6) is 5.75 Å². The van der Waals surface area contributed by atoms with E-state index in [1.165, 1.54) is 19.2 Å². The lowest BCUT2D eigenvalue weighted by Gasteiger charge is -2.16. The molecule has 1 aromatic rings. The Balaban J connectivity index is 2.33. The van der Waals surface area contributed by atoms with Crippen LogP contribution in [0.2, 0.25) is 0 Å². The van der Waals surface area contributed by atoms with E-state index in [-0.39, 0.29) is 4.90 Å². The molecule has 0 radical (unpaired) electrons. The maximum Gasteiger partial charge on any atom is 0.307 e. The van der Waals surface area contributed by atoms with Gasteiger partial charge in [-0.25, -0.2) is 8.42 Å². The molecule has 5 nitrogen and oxygen atoms in total. The molecular weight excluding hydrogens is 268 g/mol. The molecule has 1 aliphatic carbocycles. The van der Waals surface area contributed by atoms with Crippen molar-refractivity contribution in [1.82, 2.24) is 0 Å². The van der Waals surface area contributed by atoms with Gasteiger partial charge in [-0.2, -0.15) is 0 Å². The Morgan fingerprint density at radius 1 is 1.26 bits per heavy atom. The molecular formula is C13H16O5S. The minimum atomic E-state index is -3.59. The van der Waals surface area contributed by atoms with Gasteiger partial charge >= 0.3 is 5.97 Å². The highest BCUT2D eigenvalue weighted by molar-refractivity contribution is 7.92. The second kappa shape index (κ2) is 5.21. The summed E-state index contributed by atoms with van der Waals surface area (Å²) >= 11 is 0. The summed E-state index contributed by atoms with van der Waals surface area (Å²) in [7, 11) is -2.09. The Morgan fingerprint density at radius 2 is 1.89 bits per heavy atom. The zero-order valence-electron chi connectivity index (χ0n) is 10.6. The molecule has 2 atom stereocenters. The van der Waals surface area contributed by atoms with Crippen LogP contribution >= 0.6 is 0 Å². The molecule has 1 aliphatic rings. The van der Waals surface area contributed by atoms with E-state index in [1.54, 1.807) is 12.1 Å². The molecule has 104 valence electrons. The van der Waals surface area contributed by atoms with Crippen molar-refractivity contribution in [3.8, 4) is 5.75 Å². The quantitative estimate of drug-likeness (QED) is 0.910. The highest BCUT2D eigenvalue weighted by Crippen LogP contribution is 2.35. The second-order valence-corrected chi connectivity index (χ2v) is 6.80. The van der Waals surface area contributed by atoms with Gasteiger partial charge < -0.3 is 9.84 Å². The highest BCUT2D eigenvalue weighted by atomic mass is 32.2. The first-order chi connectivity index (χ1) is 8.96. The van der Waals surface area contributed by atoms with Gasteiger partial charge in [0.25, 0.3) is 0 Å². The lowest BCUT2D eigenvalue weighted by Crippen LogP contribution is -2.30. The zero-order chi connectivity index (χ0) is 14.0. The normalized spacial score (nSPS) is 23.2. The number of rotatable bonds is 4. The Labute approximate surface area is 112 Å². The molecule has 1 fully saturated rings. The molecule has 0 saturated heterocycles. The fourth-order valence-electron chi connectivity index (χ4n) is 2.52. The molecule has 0 unspecified atom stereocenters. The molecule has 0 aromatic heterocycles. The maximum absolute atomic E-state index is 12.4. The number of aliphatic carboxylic acids is 1. The van der Waals surface area contributed by atoms with Crippen molar-refractivity contribution in [1.29, 1.82) is 0 Å². The maximum atomic E-state index is 12.4. The highest BCUT2D eigenvalue weighted by Gasteiger charge is 2.42. The number of hydrogen-bond donors (Lipinski definition) is 1. The molecule has 1 aromatic carbocycles. The number of benzene rings is 1. The Kier molecular flexibility index (Phi) is 3.80. The summed E-state index contributed by atoms with van der Waals surface area (Å²) in [5.74, 6) is -1.26. The van der Waals surface area contributed by atoms with E-state index >= 15 is 0 Å². The van der Waals surface area contributed by atoms with Crippen molar-refractivity contribution in [2.45, 2.75) is 29.4 Å². The monoisotopic (exact) mass is 284 g/mol. The standard InChI is InChI=1S/C13H16O5S/c1-18-9-5-7-10(8-6-9)19(16,17)12-4-2-3-11(12)13(14)15/h5-8,11-12H,2-4H2,1H3,(H,14,15)/t11-,12-/m1/s1. The van der Waals surface area contributed by atoms with Crippen LogP contribution in [0, 0.1) is 5.92 Å². The fraction of sp³-hybridized carbons (Fsp3) is 0.462. The van der Waals surface area contributed by atoms with E-state index in [9.17, 15) is 13.2 Å². The van der Waals surface area contributed by atoms with E-state index in [0.29, 0.717) is 25.0 Å². The fourth-order valence-corrected chi connectivity index (χ4v) is 4.55. The van der Waals surface area contributed by atoms with Crippen LogP contribution in [0.3, 0.4) is 0 Å². The van der Waals surface area contributed by atoms with Gasteiger partial charge in [0.15, 0.2) is 9.84 Å². The molecule has 0 aliphatic heterocycles. The van der Waals surface area contributed by atoms with Crippen LogP contribution in [0.1, 0.15) is 19.3 Å². The van der Waals surface area contributed by atoms with Gasteiger partial charge in [0.05, 0.1) is 23.2 Å². The number of hydrogen-bond acceptors (Lipinski definition) is 4. The topological polar surface area (TPSA) is 80.7 Å². The summed E-state index contributed by atoms with van der Waals surface area (Å²) in [5, 5.41) is 8.27. The van der Waals surface area contributed by atoms with Crippen LogP contribution in [0.15, 0.2) is 29.2 Å². The summed E-state index contributed by atoms with van der Waals surface area (Å²) in [6.07, 6.45) is 1.47. The molecule has 2 rings (SSSR count). The van der Waals surface area contributed by atoms with Crippen molar-refractivity contribution in [2.24, 2.45) is 5.92 Å². The Bertz CT molecular complexity index is 561. The number of methoxy groups -OCH3 is 1. The van der Waals surface area contributed by atoms with E-state index in [4.69, 9.17) is 9.84 Å². The Morgan fingerprint density at radius 3 is 2.42 bits per heavy atom. The minimum Gasteiger partial charge on any atom is -0.497 e. The van der Waals surface area contributed by atoms with Gasteiger partial charge in [0, 0.05) is 0 Å². The smallest absolute Gasteiger partial charge is 0.307 e. The number of sulfone groups is 1. The largest absolute Gasteiger partial charge is 0.497 e. The third-order valence-electron chi connectivity index (χ3n) is 3.56. The summed E-state index contributed by atoms with van der Waals surface area (Å²) < 4.78 is 29.9. The van der Waals surface area contributed by atoms with Crippen molar-refractivity contribution in [3.05, 3.63) is 24.3 Å². The third-order valence-corrected chi connectivity index (χ3v) is 5.85. The second-order valence-electron chi connectivity index (χ2n) is 4.63. The molecule has 0 amide bonds. The van der Waals surface area contributed by atoms with Crippen LogP contribution in [-0.2, 0) is 14.6 Å². The number of carbonyl (C=O) groups is 1. The molecule has 0 spiro atoms. The number of carboxylic acid groups (broad SMARTS) is 1. The molecule has 0 heterocycles. The van der Waals surface area contributed by atoms with Crippen LogP contribution in [0.25, 0.3) is 0 Å². The summed E-state index contributed by atoms with van der Waals surface area (Å²) in [4.78, 5) is 11.3. The first kappa shape index (κ1) is 13.9. The Hall–Kier alpha value is -1.56. The molecule has 6 heteroatoms. The van der Waals surface area contributed by atoms with E-state index in [0.717, 1.165) is 0 Å². The first-order valence-electron chi connectivity index (χ1n) is 6.07. The predicted molar refractivity (Wildman–Crippen MR) is 68.9 cm³/mol. The summed E-state index contributed by atoms with van der Waals surface area (Å²) in [6.45, 7) is 0. The average molecular weight is 284 g/mol. The van der Waals surface area contributed by atoms with Crippen molar-refractivity contribution in [3.63, 3.8) is 0 Å².